The molecule has 1 aromatic heterocycles. The van der Waals surface area contributed by atoms with Crippen LogP contribution in [0, 0.1) is 0 Å². The number of nitrogens with zero attached hydrogens (tertiary/aromatic N) is 3. The van der Waals surface area contributed by atoms with E-state index in [2.05, 4.69) is 20.6 Å². The number of nitrogens with one attached hydrogen (secondary N) is 2. The Labute approximate surface area is 213 Å². The number of amides is 1. The molecule has 2 heterocycles. The summed E-state index contributed by atoms with van der Waals surface area (Å²) in [5.41, 5.74) is 2.42. The predicted octanol–water partition coefficient (Wildman–Crippen LogP) is 4.88. The number of halogens is 1. The predicted molar refractivity (Wildman–Crippen MR) is 137 cm³/mol. The van der Waals surface area contributed by atoms with Gasteiger partial charge in [0.15, 0.2) is 5.69 Å². The second-order valence-electron chi connectivity index (χ2n) is 7.91. The van der Waals surface area contributed by atoms with Crippen LogP contribution in [0.25, 0.3) is 0 Å². The molecule has 9 nitrogen and oxygen atoms in total. The van der Waals surface area contributed by atoms with Gasteiger partial charge in [0.05, 0.1) is 18.4 Å². The normalized spacial score (nSPS) is 12.9. The Morgan fingerprint density at radius 3 is 2.53 bits per heavy atom. The van der Waals surface area contributed by atoms with Crippen LogP contribution in [0.5, 0.6) is 11.6 Å². The third-order valence-corrected chi connectivity index (χ3v) is 5.44. The van der Waals surface area contributed by atoms with Gasteiger partial charge in [0.25, 0.3) is 0 Å². The third-order valence-electron chi connectivity index (χ3n) is 5.19. The van der Waals surface area contributed by atoms with Gasteiger partial charge in [0.1, 0.15) is 5.75 Å². The molecule has 1 amide bonds. The number of aromatic nitrogens is 1. The zero-order valence-corrected chi connectivity index (χ0v) is 20.2. The second-order valence-corrected chi connectivity index (χ2v) is 8.35. The first-order chi connectivity index (χ1) is 17.4. The standard InChI is InChI=1S/C26H24ClN5O4/c1-2-23(33)29-20-14-28-26(32(16-20)15-17-6-8-18(27)9-7-17)30-19-10-12-21(13-11-19)36-24-5-3-4-22(31-24)25(34)35/h3-14H,2,15-16H2,1H3,(H,28,30)(H,29,33)(H,34,35). The number of carboxylic acid groups (broad SMARTS) is 1. The minimum atomic E-state index is -1.12. The first kappa shape index (κ1) is 24.7. The maximum atomic E-state index is 11.9. The lowest BCUT2D eigenvalue weighted by atomic mass is 10.2. The summed E-state index contributed by atoms with van der Waals surface area (Å²) in [5, 5.41) is 15.9. The smallest absolute Gasteiger partial charge is 0.354 e. The van der Waals surface area contributed by atoms with Crippen molar-refractivity contribution in [3.8, 4) is 11.6 Å². The van der Waals surface area contributed by atoms with Crippen LogP contribution in [0.3, 0.4) is 0 Å². The van der Waals surface area contributed by atoms with Gasteiger partial charge in [-0.2, -0.15) is 0 Å². The molecule has 0 saturated carbocycles. The van der Waals surface area contributed by atoms with E-state index >= 15 is 0 Å². The van der Waals surface area contributed by atoms with Crippen molar-refractivity contribution in [1.82, 2.24) is 15.2 Å². The molecular weight excluding hydrogens is 482 g/mol. The summed E-state index contributed by atoms with van der Waals surface area (Å²) in [4.78, 5) is 33.5. The molecule has 0 saturated heterocycles. The van der Waals surface area contributed by atoms with Gasteiger partial charge in [-0.3, -0.25) is 4.79 Å². The summed E-state index contributed by atoms with van der Waals surface area (Å²) in [6.07, 6.45) is 2.03. The molecule has 0 unspecified atom stereocenters. The lowest BCUT2D eigenvalue weighted by Gasteiger charge is -2.30. The van der Waals surface area contributed by atoms with Crippen LogP contribution in [0.15, 0.2) is 83.6 Å². The molecule has 0 spiro atoms. The molecule has 0 bridgehead atoms. The number of carbonyl (C=O) groups is 2. The minimum Gasteiger partial charge on any atom is -0.477 e. The van der Waals surface area contributed by atoms with Crippen LogP contribution < -0.4 is 15.4 Å². The van der Waals surface area contributed by atoms with Gasteiger partial charge in [-0.1, -0.05) is 36.7 Å². The maximum absolute atomic E-state index is 11.9. The highest BCUT2D eigenvalue weighted by atomic mass is 35.5. The van der Waals surface area contributed by atoms with Crippen LogP contribution in [0.1, 0.15) is 29.4 Å². The molecule has 2 aromatic carbocycles. The summed E-state index contributed by atoms with van der Waals surface area (Å²) in [6.45, 7) is 2.81. The number of aromatic carboxylic acids is 1. The zero-order chi connectivity index (χ0) is 25.5. The van der Waals surface area contributed by atoms with Gasteiger partial charge in [-0.05, 0) is 48.0 Å². The second kappa shape index (κ2) is 11.4. The lowest BCUT2D eigenvalue weighted by molar-refractivity contribution is -0.120. The molecule has 1 aliphatic rings. The fourth-order valence-corrected chi connectivity index (χ4v) is 3.51. The number of carboxylic acids is 1. The number of hydrogen-bond acceptors (Lipinski definition) is 7. The molecule has 4 rings (SSSR count). The van der Waals surface area contributed by atoms with E-state index in [-0.39, 0.29) is 17.5 Å². The summed E-state index contributed by atoms with van der Waals surface area (Å²) < 4.78 is 5.68. The fourth-order valence-electron chi connectivity index (χ4n) is 3.38. The molecule has 0 aliphatic carbocycles. The molecule has 0 fully saturated rings. The van der Waals surface area contributed by atoms with Crippen LogP contribution in [0.4, 0.5) is 5.69 Å². The van der Waals surface area contributed by atoms with Crippen LogP contribution >= 0.6 is 11.6 Å². The molecule has 0 atom stereocenters. The number of ether oxygens (including phenoxy) is 1. The van der Waals surface area contributed by atoms with Gasteiger partial charge >= 0.3 is 5.97 Å². The van der Waals surface area contributed by atoms with Crippen molar-refractivity contribution in [1.29, 1.82) is 0 Å². The number of hydrogen-bond donors (Lipinski definition) is 3. The van der Waals surface area contributed by atoms with Gasteiger partial charge < -0.3 is 25.4 Å². The van der Waals surface area contributed by atoms with E-state index in [0.717, 1.165) is 11.3 Å². The van der Waals surface area contributed by atoms with Gasteiger partial charge in [-0.25, -0.2) is 14.8 Å². The number of aliphatic imine (C=N–C) groups is 1. The van der Waals surface area contributed by atoms with E-state index in [4.69, 9.17) is 21.4 Å². The van der Waals surface area contributed by atoms with E-state index in [1.54, 1.807) is 37.4 Å². The monoisotopic (exact) mass is 505 g/mol. The highest BCUT2D eigenvalue weighted by Gasteiger charge is 2.19. The van der Waals surface area contributed by atoms with Gasteiger partial charge in [0, 0.05) is 29.7 Å². The molecule has 36 heavy (non-hydrogen) atoms. The molecule has 3 N–H and O–H groups in total. The van der Waals surface area contributed by atoms with Crippen molar-refractivity contribution in [2.75, 3.05) is 11.9 Å². The number of pyridine rings is 1. The Hall–Kier alpha value is -4.37. The van der Waals surface area contributed by atoms with E-state index in [1.807, 2.05) is 41.3 Å². The number of anilines is 1. The highest BCUT2D eigenvalue weighted by Crippen LogP contribution is 2.23. The van der Waals surface area contributed by atoms with Crippen molar-refractivity contribution in [2.24, 2.45) is 4.99 Å². The SMILES string of the molecule is CCC(=O)NC1=CN=C(Nc2ccc(Oc3cccc(C(=O)O)n3)cc2)N(Cc2ccc(Cl)cc2)C1. The van der Waals surface area contributed by atoms with Gasteiger partial charge in [-0.15, -0.1) is 0 Å². The summed E-state index contributed by atoms with van der Waals surface area (Å²) in [7, 11) is 0. The zero-order valence-electron chi connectivity index (χ0n) is 19.4. The topological polar surface area (TPSA) is 116 Å². The Morgan fingerprint density at radius 2 is 1.83 bits per heavy atom. The van der Waals surface area contributed by atoms with Gasteiger partial charge in [0.2, 0.25) is 17.7 Å². The van der Waals surface area contributed by atoms with Crippen LogP contribution in [-0.4, -0.2) is 39.4 Å². The number of rotatable bonds is 8. The quantitative estimate of drug-likeness (QED) is 0.399. The fraction of sp³-hybridized carbons (Fsp3) is 0.154. The van der Waals surface area contributed by atoms with Crippen molar-refractivity contribution in [3.63, 3.8) is 0 Å². The van der Waals surface area contributed by atoms with E-state index in [0.29, 0.717) is 41.9 Å². The Morgan fingerprint density at radius 1 is 1.08 bits per heavy atom. The Bertz CT molecular complexity index is 1310. The Balaban J connectivity index is 1.48. The largest absolute Gasteiger partial charge is 0.477 e. The average Bonchev–Trinajstić information content (AvgIpc) is 2.88. The lowest BCUT2D eigenvalue weighted by Crippen LogP contribution is -2.42. The summed E-state index contributed by atoms with van der Waals surface area (Å²) in [6, 6.07) is 19.2. The van der Waals surface area contributed by atoms with E-state index < -0.39 is 5.97 Å². The third kappa shape index (κ3) is 6.61. The van der Waals surface area contributed by atoms with Crippen molar-refractivity contribution >= 4 is 35.1 Å². The van der Waals surface area contributed by atoms with Crippen molar-refractivity contribution in [3.05, 3.63) is 94.9 Å². The number of carbonyl (C=O) groups excluding carboxylic acids is 1. The molecule has 1 aliphatic heterocycles. The summed E-state index contributed by atoms with van der Waals surface area (Å²) in [5.74, 6) is 0.113. The van der Waals surface area contributed by atoms with Crippen LogP contribution in [0.2, 0.25) is 5.02 Å². The van der Waals surface area contributed by atoms with Crippen molar-refractivity contribution < 1.29 is 19.4 Å². The van der Waals surface area contributed by atoms with E-state index in [1.165, 1.54) is 6.07 Å². The maximum Gasteiger partial charge on any atom is 0.354 e. The molecular formula is C26H24ClN5O4. The molecule has 0 radical (unpaired) electrons. The average molecular weight is 506 g/mol. The number of benzene rings is 2. The first-order valence-corrected chi connectivity index (χ1v) is 11.6. The summed E-state index contributed by atoms with van der Waals surface area (Å²) >= 11 is 6.03. The highest BCUT2D eigenvalue weighted by molar-refractivity contribution is 6.30. The molecule has 184 valence electrons. The van der Waals surface area contributed by atoms with Crippen molar-refractivity contribution in [2.45, 2.75) is 19.9 Å². The van der Waals surface area contributed by atoms with E-state index in [9.17, 15) is 9.59 Å². The van der Waals surface area contributed by atoms with Crippen LogP contribution in [-0.2, 0) is 11.3 Å². The molecule has 10 heteroatoms. The number of guanidine groups is 1. The minimum absolute atomic E-state index is 0.0710. The first-order valence-electron chi connectivity index (χ1n) is 11.2. The Kier molecular flexibility index (Phi) is 7.82. The molecule has 3 aromatic rings.